The van der Waals surface area contributed by atoms with Gasteiger partial charge >= 0.3 is 0 Å². The van der Waals surface area contributed by atoms with E-state index in [0.717, 1.165) is 6.07 Å². The van der Waals surface area contributed by atoms with Crippen LogP contribution in [-0.2, 0) is 10.0 Å². The van der Waals surface area contributed by atoms with Gasteiger partial charge in [-0.3, -0.25) is 4.79 Å². The largest absolute Gasteiger partial charge is 0.350 e. The molecule has 0 radical (unpaired) electrons. The fraction of sp³-hybridized carbons (Fsp3) is 0.364. The molecule has 0 aromatic heterocycles. The number of carbonyl (C=O) groups excluding carboxylic acids is 1. The first kappa shape index (κ1) is 16.1. The number of halogens is 2. The van der Waals surface area contributed by atoms with Gasteiger partial charge in [0.25, 0.3) is 5.91 Å². The summed E-state index contributed by atoms with van der Waals surface area (Å²) in [6, 6.07) is 2.08. The summed E-state index contributed by atoms with van der Waals surface area (Å²) in [7, 11) is -4.23. The molecule has 0 aliphatic heterocycles. The predicted octanol–water partition coefficient (Wildman–Crippen LogP) is 1.76. The standard InChI is InChI=1S/C11H14BrFN2O3S/c1-3-6(2)15-11(16)8-4-7(12)5-9(10(8)13)19(14,17)18/h4-6H,3H2,1-2H3,(H,15,16)(H2,14,17,18). The smallest absolute Gasteiger partial charge is 0.254 e. The van der Waals surface area contributed by atoms with Crippen LogP contribution in [0.25, 0.3) is 0 Å². The van der Waals surface area contributed by atoms with E-state index in [0.29, 0.717) is 6.42 Å². The van der Waals surface area contributed by atoms with Crippen molar-refractivity contribution in [2.45, 2.75) is 31.2 Å². The molecule has 1 unspecified atom stereocenters. The number of nitrogens with one attached hydrogen (secondary N) is 1. The van der Waals surface area contributed by atoms with Gasteiger partial charge in [-0.2, -0.15) is 0 Å². The third-order valence-electron chi connectivity index (χ3n) is 2.55. The second-order valence-electron chi connectivity index (χ2n) is 4.09. The molecule has 106 valence electrons. The van der Waals surface area contributed by atoms with Crippen molar-refractivity contribution in [1.29, 1.82) is 0 Å². The maximum absolute atomic E-state index is 14.0. The normalized spacial score (nSPS) is 13.1. The highest BCUT2D eigenvalue weighted by Crippen LogP contribution is 2.23. The lowest BCUT2D eigenvalue weighted by Crippen LogP contribution is -2.33. The molecule has 0 heterocycles. The van der Waals surface area contributed by atoms with Crippen LogP contribution in [0.5, 0.6) is 0 Å². The van der Waals surface area contributed by atoms with E-state index in [4.69, 9.17) is 5.14 Å². The topological polar surface area (TPSA) is 89.3 Å². The van der Waals surface area contributed by atoms with Crippen LogP contribution < -0.4 is 10.5 Å². The van der Waals surface area contributed by atoms with Gasteiger partial charge in [0, 0.05) is 10.5 Å². The lowest BCUT2D eigenvalue weighted by atomic mass is 10.1. The van der Waals surface area contributed by atoms with Crippen molar-refractivity contribution in [3.8, 4) is 0 Å². The Morgan fingerprint density at radius 2 is 2.11 bits per heavy atom. The number of benzene rings is 1. The van der Waals surface area contributed by atoms with Crippen LogP contribution in [0.1, 0.15) is 30.6 Å². The lowest BCUT2D eigenvalue weighted by molar-refractivity contribution is 0.0934. The van der Waals surface area contributed by atoms with E-state index in [1.54, 1.807) is 6.92 Å². The van der Waals surface area contributed by atoms with E-state index in [2.05, 4.69) is 21.2 Å². The van der Waals surface area contributed by atoms with Crippen molar-refractivity contribution in [2.75, 3.05) is 0 Å². The van der Waals surface area contributed by atoms with Crippen LogP contribution >= 0.6 is 15.9 Å². The van der Waals surface area contributed by atoms with Gasteiger partial charge in [-0.15, -0.1) is 0 Å². The summed E-state index contributed by atoms with van der Waals surface area (Å²) in [5, 5.41) is 7.46. The number of amides is 1. The zero-order valence-electron chi connectivity index (χ0n) is 10.4. The second kappa shape index (κ2) is 5.98. The Balaban J connectivity index is 3.30. The molecule has 5 nitrogen and oxygen atoms in total. The van der Waals surface area contributed by atoms with E-state index in [1.165, 1.54) is 6.07 Å². The molecular weight excluding hydrogens is 339 g/mol. The summed E-state index contributed by atoms with van der Waals surface area (Å²) >= 11 is 3.02. The van der Waals surface area contributed by atoms with Crippen LogP contribution in [-0.4, -0.2) is 20.4 Å². The van der Waals surface area contributed by atoms with E-state index in [9.17, 15) is 17.6 Å². The number of sulfonamides is 1. The Morgan fingerprint density at radius 1 is 1.53 bits per heavy atom. The molecule has 0 bridgehead atoms. The number of rotatable bonds is 4. The average molecular weight is 353 g/mol. The minimum absolute atomic E-state index is 0.149. The van der Waals surface area contributed by atoms with Crippen molar-refractivity contribution < 1.29 is 17.6 Å². The zero-order valence-corrected chi connectivity index (χ0v) is 12.8. The van der Waals surface area contributed by atoms with Gasteiger partial charge in [0.1, 0.15) is 4.90 Å². The molecule has 0 saturated carbocycles. The fourth-order valence-electron chi connectivity index (χ4n) is 1.34. The van der Waals surface area contributed by atoms with Gasteiger partial charge < -0.3 is 5.32 Å². The number of hydrogen-bond donors (Lipinski definition) is 2. The van der Waals surface area contributed by atoms with E-state index in [1.807, 2.05) is 6.92 Å². The maximum atomic E-state index is 14.0. The zero-order chi connectivity index (χ0) is 14.8. The summed E-state index contributed by atoms with van der Waals surface area (Å²) in [4.78, 5) is 11.1. The molecule has 0 aliphatic carbocycles. The highest BCUT2D eigenvalue weighted by atomic mass is 79.9. The van der Waals surface area contributed by atoms with E-state index < -0.39 is 26.6 Å². The molecule has 0 spiro atoms. The van der Waals surface area contributed by atoms with Crippen LogP contribution in [0.15, 0.2) is 21.5 Å². The minimum Gasteiger partial charge on any atom is -0.350 e. The molecule has 1 aromatic carbocycles. The SMILES string of the molecule is CCC(C)NC(=O)c1cc(Br)cc(S(N)(=O)=O)c1F. The van der Waals surface area contributed by atoms with Crippen molar-refractivity contribution in [3.63, 3.8) is 0 Å². The summed E-state index contributed by atoms with van der Waals surface area (Å²) in [5.74, 6) is -1.83. The molecule has 0 fully saturated rings. The van der Waals surface area contributed by atoms with Crippen LogP contribution in [0.3, 0.4) is 0 Å². The molecular formula is C11H14BrFN2O3S. The van der Waals surface area contributed by atoms with Gasteiger partial charge in [0.2, 0.25) is 10.0 Å². The van der Waals surface area contributed by atoms with Crippen molar-refractivity contribution >= 4 is 31.9 Å². The third kappa shape index (κ3) is 3.99. The molecule has 19 heavy (non-hydrogen) atoms. The summed E-state index contributed by atoms with van der Waals surface area (Å²) in [5.41, 5.74) is -0.362. The molecule has 1 amide bonds. The monoisotopic (exact) mass is 352 g/mol. The molecule has 0 saturated heterocycles. The maximum Gasteiger partial charge on any atom is 0.254 e. The summed E-state index contributed by atoms with van der Waals surface area (Å²) < 4.78 is 36.8. The highest BCUT2D eigenvalue weighted by Gasteiger charge is 2.23. The lowest BCUT2D eigenvalue weighted by Gasteiger charge is -2.13. The molecule has 1 atom stereocenters. The van der Waals surface area contributed by atoms with Gasteiger partial charge in [0.05, 0.1) is 5.56 Å². The fourth-order valence-corrected chi connectivity index (χ4v) is 2.60. The molecule has 0 aliphatic rings. The molecule has 3 N–H and O–H groups in total. The first-order valence-electron chi connectivity index (χ1n) is 5.49. The van der Waals surface area contributed by atoms with Crippen LogP contribution in [0, 0.1) is 5.82 Å². The van der Waals surface area contributed by atoms with E-state index >= 15 is 0 Å². The number of carbonyl (C=O) groups is 1. The van der Waals surface area contributed by atoms with Gasteiger partial charge in [-0.05, 0) is 25.5 Å². The van der Waals surface area contributed by atoms with Gasteiger partial charge in [0.15, 0.2) is 5.82 Å². The Bertz CT molecular complexity index is 604. The average Bonchev–Trinajstić information content (AvgIpc) is 2.29. The van der Waals surface area contributed by atoms with Crippen LogP contribution in [0.4, 0.5) is 4.39 Å². The Morgan fingerprint density at radius 3 is 2.58 bits per heavy atom. The van der Waals surface area contributed by atoms with Crippen molar-refractivity contribution in [1.82, 2.24) is 5.32 Å². The number of nitrogens with two attached hydrogens (primary N) is 1. The Labute approximate surface area is 119 Å². The van der Waals surface area contributed by atoms with Crippen molar-refractivity contribution in [2.24, 2.45) is 5.14 Å². The quantitative estimate of drug-likeness (QED) is 0.865. The Kier molecular flexibility index (Phi) is 5.05. The molecule has 1 aromatic rings. The second-order valence-corrected chi connectivity index (χ2v) is 6.54. The molecule has 1 rings (SSSR count). The van der Waals surface area contributed by atoms with Gasteiger partial charge in [-0.1, -0.05) is 22.9 Å². The van der Waals surface area contributed by atoms with Crippen LogP contribution in [0.2, 0.25) is 0 Å². The summed E-state index contributed by atoms with van der Waals surface area (Å²) in [6.07, 6.45) is 0.670. The van der Waals surface area contributed by atoms with Gasteiger partial charge in [-0.25, -0.2) is 17.9 Å². The summed E-state index contributed by atoms with van der Waals surface area (Å²) in [6.45, 7) is 3.62. The molecule has 8 heteroatoms. The van der Waals surface area contributed by atoms with E-state index in [-0.39, 0.29) is 16.1 Å². The highest BCUT2D eigenvalue weighted by molar-refractivity contribution is 9.10. The predicted molar refractivity (Wildman–Crippen MR) is 72.7 cm³/mol. The Hall–Kier alpha value is -0.990. The number of hydrogen-bond acceptors (Lipinski definition) is 3. The number of primary sulfonamides is 1. The third-order valence-corrected chi connectivity index (χ3v) is 3.91. The van der Waals surface area contributed by atoms with Crippen molar-refractivity contribution in [3.05, 3.63) is 28.0 Å². The first-order chi connectivity index (χ1) is 8.66. The first-order valence-corrected chi connectivity index (χ1v) is 7.83. The minimum atomic E-state index is -4.23.